The molecule has 160 valence electrons. The third kappa shape index (κ3) is 5.66. The lowest BCUT2D eigenvalue weighted by atomic mass is 10.2. The van der Waals surface area contributed by atoms with E-state index in [1.807, 2.05) is 6.92 Å². The predicted molar refractivity (Wildman–Crippen MR) is 116 cm³/mol. The van der Waals surface area contributed by atoms with E-state index in [0.29, 0.717) is 28.9 Å². The average molecular weight is 488 g/mol. The minimum absolute atomic E-state index is 0.00386. The average Bonchev–Trinajstić information content (AvgIpc) is 3.10. The van der Waals surface area contributed by atoms with Gasteiger partial charge in [-0.25, -0.2) is 5.43 Å². The Bertz CT molecular complexity index is 1130. The van der Waals surface area contributed by atoms with Gasteiger partial charge in [0.05, 0.1) is 28.8 Å². The number of nitrogens with zero attached hydrogens (tertiary/aromatic N) is 4. The number of rotatable bonds is 8. The van der Waals surface area contributed by atoms with Crippen molar-refractivity contribution in [1.29, 1.82) is 0 Å². The van der Waals surface area contributed by atoms with Crippen molar-refractivity contribution >= 4 is 33.7 Å². The van der Waals surface area contributed by atoms with Gasteiger partial charge in [0.1, 0.15) is 0 Å². The molecule has 0 aliphatic heterocycles. The number of carbonyl (C=O) groups is 1. The highest BCUT2D eigenvalue weighted by Crippen LogP contribution is 2.26. The van der Waals surface area contributed by atoms with Crippen molar-refractivity contribution in [2.75, 3.05) is 6.61 Å². The van der Waals surface area contributed by atoms with Gasteiger partial charge in [0.25, 0.3) is 11.6 Å². The number of aromatic hydroxyl groups is 1. The van der Waals surface area contributed by atoms with Crippen LogP contribution >= 0.6 is 15.9 Å². The summed E-state index contributed by atoms with van der Waals surface area (Å²) in [4.78, 5) is 22.6. The van der Waals surface area contributed by atoms with Crippen LogP contribution in [0.15, 0.2) is 58.2 Å². The zero-order valence-electron chi connectivity index (χ0n) is 16.4. The Balaban J connectivity index is 1.63. The number of ether oxygens (including phenoxy) is 1. The van der Waals surface area contributed by atoms with Gasteiger partial charge in [-0.2, -0.15) is 10.2 Å². The van der Waals surface area contributed by atoms with Gasteiger partial charge in [0.15, 0.2) is 17.2 Å². The number of carbonyl (C=O) groups excluding carboxylic acids is 1. The van der Waals surface area contributed by atoms with Gasteiger partial charge >= 0.3 is 0 Å². The van der Waals surface area contributed by atoms with E-state index in [2.05, 4.69) is 31.6 Å². The molecule has 0 atom stereocenters. The lowest BCUT2D eigenvalue weighted by molar-refractivity contribution is -0.384. The molecule has 0 bridgehead atoms. The quantitative estimate of drug-likeness (QED) is 0.284. The van der Waals surface area contributed by atoms with Crippen LogP contribution in [0.5, 0.6) is 11.5 Å². The first-order valence-electron chi connectivity index (χ1n) is 9.13. The molecule has 1 aromatic heterocycles. The maximum absolute atomic E-state index is 12.4. The Kier molecular flexibility index (Phi) is 6.98. The molecule has 0 saturated heterocycles. The first-order chi connectivity index (χ1) is 14.9. The summed E-state index contributed by atoms with van der Waals surface area (Å²) < 4.78 is 7.27. The van der Waals surface area contributed by atoms with E-state index >= 15 is 0 Å². The highest BCUT2D eigenvalue weighted by molar-refractivity contribution is 9.10. The molecule has 0 spiro atoms. The fourth-order valence-corrected chi connectivity index (χ4v) is 3.15. The molecule has 3 aromatic rings. The van der Waals surface area contributed by atoms with Gasteiger partial charge in [-0.1, -0.05) is 12.1 Å². The summed E-state index contributed by atoms with van der Waals surface area (Å²) >= 11 is 3.30. The van der Waals surface area contributed by atoms with E-state index in [9.17, 15) is 20.0 Å². The molecular formula is C20H18BrN5O5. The van der Waals surface area contributed by atoms with Crippen molar-refractivity contribution in [3.63, 3.8) is 0 Å². The number of aromatic nitrogens is 2. The third-order valence-electron chi connectivity index (χ3n) is 4.09. The second-order valence-electron chi connectivity index (χ2n) is 6.31. The number of hydrogen-bond acceptors (Lipinski definition) is 7. The topological polar surface area (TPSA) is 132 Å². The number of halogens is 1. The van der Waals surface area contributed by atoms with Crippen molar-refractivity contribution in [1.82, 2.24) is 15.2 Å². The molecule has 3 rings (SSSR count). The summed E-state index contributed by atoms with van der Waals surface area (Å²) in [6.45, 7) is 2.58. The van der Waals surface area contributed by atoms with Crippen LogP contribution in [0.4, 0.5) is 5.69 Å². The maximum Gasteiger partial charge on any atom is 0.293 e. The van der Waals surface area contributed by atoms with Crippen molar-refractivity contribution < 1.29 is 19.6 Å². The molecule has 11 heteroatoms. The summed E-state index contributed by atoms with van der Waals surface area (Å²) in [6.07, 6.45) is 3.01. The van der Waals surface area contributed by atoms with Gasteiger partial charge in [0.2, 0.25) is 0 Å². The lowest BCUT2D eigenvalue weighted by Gasteiger charge is -2.05. The molecular weight excluding hydrogens is 470 g/mol. The van der Waals surface area contributed by atoms with E-state index < -0.39 is 10.8 Å². The van der Waals surface area contributed by atoms with Gasteiger partial charge in [0, 0.05) is 18.3 Å². The molecule has 0 saturated carbocycles. The Morgan fingerprint density at radius 2 is 2.10 bits per heavy atom. The second kappa shape index (κ2) is 9.85. The molecule has 0 fully saturated rings. The van der Waals surface area contributed by atoms with Gasteiger partial charge < -0.3 is 9.84 Å². The van der Waals surface area contributed by atoms with Crippen molar-refractivity contribution in [2.24, 2.45) is 5.10 Å². The Morgan fingerprint density at radius 3 is 2.74 bits per heavy atom. The second-order valence-corrected chi connectivity index (χ2v) is 7.16. The summed E-state index contributed by atoms with van der Waals surface area (Å²) in [5.74, 6) is -0.184. The first-order valence-corrected chi connectivity index (χ1v) is 9.92. The highest BCUT2D eigenvalue weighted by atomic mass is 79.9. The molecule has 0 unspecified atom stereocenters. The zero-order chi connectivity index (χ0) is 22.4. The van der Waals surface area contributed by atoms with Crippen LogP contribution in [0.1, 0.15) is 28.5 Å². The van der Waals surface area contributed by atoms with Crippen LogP contribution in [0.25, 0.3) is 0 Å². The summed E-state index contributed by atoms with van der Waals surface area (Å²) in [7, 11) is 0. The standard InChI is InChI=1S/C20H18BrN5O5/c1-2-31-18-8-5-14(9-17(18)27)10-22-23-20(28)19-16(21)12-25(24-19)11-13-3-6-15(7-4-13)26(29)30/h3-10,12,27H,2,11H2,1H3,(H,23,28)/b22-10-. The fourth-order valence-electron chi connectivity index (χ4n) is 2.65. The van der Waals surface area contributed by atoms with Crippen LogP contribution in [-0.4, -0.2) is 38.5 Å². The molecule has 1 amide bonds. The molecule has 31 heavy (non-hydrogen) atoms. The molecule has 0 radical (unpaired) electrons. The van der Waals surface area contributed by atoms with E-state index in [1.165, 1.54) is 29.1 Å². The number of nitro groups is 1. The van der Waals surface area contributed by atoms with Gasteiger partial charge in [-0.15, -0.1) is 0 Å². The number of benzene rings is 2. The molecule has 0 aliphatic rings. The maximum atomic E-state index is 12.4. The summed E-state index contributed by atoms with van der Waals surface area (Å²) in [5, 5.41) is 28.7. The molecule has 2 N–H and O–H groups in total. The number of amides is 1. The first kappa shape index (κ1) is 22.0. The van der Waals surface area contributed by atoms with E-state index in [-0.39, 0.29) is 17.1 Å². The highest BCUT2D eigenvalue weighted by Gasteiger charge is 2.15. The number of hydrogen-bond donors (Lipinski definition) is 2. The molecule has 2 aromatic carbocycles. The summed E-state index contributed by atoms with van der Waals surface area (Å²) in [5.41, 5.74) is 3.88. The third-order valence-corrected chi connectivity index (χ3v) is 4.67. The van der Waals surface area contributed by atoms with Gasteiger partial charge in [-0.05, 0) is 52.2 Å². The SMILES string of the molecule is CCOc1ccc(/C=N\NC(=O)c2nn(Cc3ccc([N+](=O)[O-])cc3)cc2Br)cc1O. The van der Waals surface area contributed by atoms with Gasteiger partial charge in [-0.3, -0.25) is 19.6 Å². The normalized spacial score (nSPS) is 10.9. The number of phenols is 1. The van der Waals surface area contributed by atoms with Crippen molar-refractivity contribution in [3.8, 4) is 11.5 Å². The van der Waals surface area contributed by atoms with Crippen molar-refractivity contribution in [3.05, 3.63) is 80.1 Å². The van der Waals surface area contributed by atoms with Crippen LogP contribution in [0.3, 0.4) is 0 Å². The monoisotopic (exact) mass is 487 g/mol. The summed E-state index contributed by atoms with van der Waals surface area (Å²) in [6, 6.07) is 10.8. The zero-order valence-corrected chi connectivity index (χ0v) is 17.9. The Labute approximate surface area is 185 Å². The molecule has 10 nitrogen and oxygen atoms in total. The largest absolute Gasteiger partial charge is 0.504 e. The minimum Gasteiger partial charge on any atom is -0.504 e. The van der Waals surface area contributed by atoms with Crippen molar-refractivity contribution in [2.45, 2.75) is 13.5 Å². The predicted octanol–water partition coefficient (Wildman–Crippen LogP) is 3.47. The van der Waals surface area contributed by atoms with Crippen LogP contribution in [-0.2, 0) is 6.54 Å². The number of nitro benzene ring substituents is 1. The minimum atomic E-state index is -0.527. The van der Waals surface area contributed by atoms with Crippen LogP contribution < -0.4 is 10.2 Å². The molecule has 0 aliphatic carbocycles. The van der Waals surface area contributed by atoms with E-state index in [1.54, 1.807) is 30.5 Å². The van der Waals surface area contributed by atoms with E-state index in [0.717, 1.165) is 5.56 Å². The Hall–Kier alpha value is -3.73. The molecule has 1 heterocycles. The van der Waals surface area contributed by atoms with E-state index in [4.69, 9.17) is 4.74 Å². The number of phenolic OH excluding ortho intramolecular Hbond substituents is 1. The fraction of sp³-hybridized carbons (Fsp3) is 0.150. The van der Waals surface area contributed by atoms with Crippen LogP contribution in [0.2, 0.25) is 0 Å². The smallest absolute Gasteiger partial charge is 0.293 e. The number of hydrazone groups is 1. The lowest BCUT2D eigenvalue weighted by Crippen LogP contribution is -2.19. The Morgan fingerprint density at radius 1 is 1.35 bits per heavy atom. The van der Waals surface area contributed by atoms with Crippen LogP contribution in [0, 0.1) is 10.1 Å². The number of nitrogens with one attached hydrogen (secondary N) is 1. The number of non-ortho nitro benzene ring substituents is 1.